The van der Waals surface area contributed by atoms with Crippen molar-refractivity contribution in [3.8, 4) is 0 Å². The number of hydrogen-bond acceptors (Lipinski definition) is 3. The van der Waals surface area contributed by atoms with E-state index in [-0.39, 0.29) is 18.4 Å². The van der Waals surface area contributed by atoms with Crippen molar-refractivity contribution in [1.29, 1.82) is 0 Å². The van der Waals surface area contributed by atoms with Crippen LogP contribution in [0.5, 0.6) is 0 Å². The van der Waals surface area contributed by atoms with Crippen molar-refractivity contribution in [2.24, 2.45) is 0 Å². The monoisotopic (exact) mass is 362 g/mol. The van der Waals surface area contributed by atoms with Gasteiger partial charge in [-0.3, -0.25) is 9.59 Å². The number of thioether (sulfide) groups is 1. The molecule has 25 heavy (non-hydrogen) atoms. The van der Waals surface area contributed by atoms with Crippen molar-refractivity contribution in [2.75, 3.05) is 24.2 Å². The fourth-order valence-corrected chi connectivity index (χ4v) is 4.38. The molecule has 0 unspecified atom stereocenters. The van der Waals surface area contributed by atoms with E-state index in [9.17, 15) is 9.59 Å². The van der Waals surface area contributed by atoms with E-state index in [1.807, 2.05) is 38.1 Å². The highest BCUT2D eigenvalue weighted by Crippen LogP contribution is 2.28. The Hall–Kier alpha value is -1.49. The zero-order valence-electron chi connectivity index (χ0n) is 15.4. The summed E-state index contributed by atoms with van der Waals surface area (Å²) >= 11 is 1.77. The Morgan fingerprint density at radius 1 is 1.20 bits per heavy atom. The molecule has 0 radical (unpaired) electrons. The van der Waals surface area contributed by atoms with Crippen LogP contribution in [0.2, 0.25) is 0 Å². The molecule has 0 heterocycles. The molecule has 0 aromatic heterocycles. The van der Waals surface area contributed by atoms with E-state index in [1.165, 1.54) is 32.1 Å². The van der Waals surface area contributed by atoms with Crippen molar-refractivity contribution in [3.05, 3.63) is 29.8 Å². The number of para-hydroxylation sites is 1. The smallest absolute Gasteiger partial charge is 0.244 e. The molecule has 0 bridgehead atoms. The summed E-state index contributed by atoms with van der Waals surface area (Å²) in [5.41, 5.74) is 1.84. The summed E-state index contributed by atoms with van der Waals surface area (Å²) < 4.78 is 0. The minimum absolute atomic E-state index is 0.0809. The molecular formula is C20H30N2O2S. The van der Waals surface area contributed by atoms with Crippen LogP contribution in [0.3, 0.4) is 0 Å². The lowest BCUT2D eigenvalue weighted by molar-refractivity contribution is -0.132. The summed E-state index contributed by atoms with van der Waals surface area (Å²) in [7, 11) is 0. The van der Waals surface area contributed by atoms with E-state index >= 15 is 0 Å². The number of anilines is 1. The van der Waals surface area contributed by atoms with Gasteiger partial charge < -0.3 is 10.2 Å². The number of carbonyl (C=O) groups excluding carboxylic acids is 2. The molecule has 138 valence electrons. The largest absolute Gasteiger partial charge is 0.333 e. The first-order valence-electron chi connectivity index (χ1n) is 9.35. The van der Waals surface area contributed by atoms with Gasteiger partial charge in [-0.05, 0) is 37.8 Å². The number of carbonyl (C=O) groups is 2. The molecular weight excluding hydrogens is 332 g/mol. The second kappa shape index (κ2) is 10.5. The van der Waals surface area contributed by atoms with Crippen LogP contribution in [0, 0.1) is 6.92 Å². The topological polar surface area (TPSA) is 49.4 Å². The summed E-state index contributed by atoms with van der Waals surface area (Å²) in [4.78, 5) is 26.6. The normalized spacial score (nSPS) is 15.0. The summed E-state index contributed by atoms with van der Waals surface area (Å²) in [5.74, 6) is 0.443. The highest BCUT2D eigenvalue weighted by atomic mass is 32.2. The van der Waals surface area contributed by atoms with E-state index < -0.39 is 0 Å². The summed E-state index contributed by atoms with van der Waals surface area (Å²) in [6.07, 6.45) is 7.19. The molecule has 2 amide bonds. The van der Waals surface area contributed by atoms with Gasteiger partial charge in [0.2, 0.25) is 11.8 Å². The molecule has 5 heteroatoms. The van der Waals surface area contributed by atoms with Gasteiger partial charge in [-0.15, -0.1) is 11.8 Å². The highest BCUT2D eigenvalue weighted by molar-refractivity contribution is 8.00. The molecule has 0 atom stereocenters. The van der Waals surface area contributed by atoms with Gasteiger partial charge in [0.05, 0.1) is 12.3 Å². The maximum absolute atomic E-state index is 12.6. The lowest BCUT2D eigenvalue weighted by atomic mass is 10.0. The van der Waals surface area contributed by atoms with E-state index in [2.05, 4.69) is 5.32 Å². The molecule has 1 N–H and O–H groups in total. The zero-order valence-corrected chi connectivity index (χ0v) is 16.2. The van der Waals surface area contributed by atoms with Crippen molar-refractivity contribution in [1.82, 2.24) is 4.90 Å². The van der Waals surface area contributed by atoms with Crippen molar-refractivity contribution in [3.63, 3.8) is 0 Å². The molecule has 0 saturated heterocycles. The molecule has 0 spiro atoms. The predicted octanol–water partition coefficient (Wildman–Crippen LogP) is 4.24. The Morgan fingerprint density at radius 3 is 2.60 bits per heavy atom. The third-order valence-electron chi connectivity index (χ3n) is 4.59. The third kappa shape index (κ3) is 6.73. The second-order valence-electron chi connectivity index (χ2n) is 6.75. The van der Waals surface area contributed by atoms with Crippen LogP contribution in [-0.2, 0) is 9.59 Å². The molecule has 1 aromatic rings. The van der Waals surface area contributed by atoms with Gasteiger partial charge >= 0.3 is 0 Å². The Balaban J connectivity index is 1.84. The van der Waals surface area contributed by atoms with Crippen molar-refractivity contribution < 1.29 is 9.59 Å². The quantitative estimate of drug-likeness (QED) is 0.752. The van der Waals surface area contributed by atoms with Crippen LogP contribution in [0.1, 0.15) is 51.0 Å². The molecule has 1 aromatic carbocycles. The van der Waals surface area contributed by atoms with Gasteiger partial charge in [0, 0.05) is 17.5 Å². The summed E-state index contributed by atoms with van der Waals surface area (Å²) in [6, 6.07) is 7.70. The van der Waals surface area contributed by atoms with Crippen LogP contribution in [0.25, 0.3) is 0 Å². The molecule has 1 aliphatic carbocycles. The average Bonchev–Trinajstić information content (AvgIpc) is 2.62. The number of amides is 2. The molecule has 1 saturated carbocycles. The Bertz CT molecular complexity index is 571. The fourth-order valence-electron chi connectivity index (χ4n) is 3.15. The van der Waals surface area contributed by atoms with E-state index in [0.29, 0.717) is 17.5 Å². The van der Waals surface area contributed by atoms with Gasteiger partial charge in [-0.2, -0.15) is 0 Å². The lowest BCUT2D eigenvalue weighted by Crippen LogP contribution is -2.39. The van der Waals surface area contributed by atoms with Gasteiger partial charge in [-0.25, -0.2) is 0 Å². The van der Waals surface area contributed by atoms with Gasteiger partial charge in [0.15, 0.2) is 0 Å². The minimum Gasteiger partial charge on any atom is -0.333 e. The Labute approximate surface area is 155 Å². The third-order valence-corrected chi connectivity index (χ3v) is 5.95. The predicted molar refractivity (Wildman–Crippen MR) is 106 cm³/mol. The molecule has 4 nitrogen and oxygen atoms in total. The summed E-state index contributed by atoms with van der Waals surface area (Å²) in [5, 5.41) is 3.53. The van der Waals surface area contributed by atoms with E-state index in [1.54, 1.807) is 16.7 Å². The van der Waals surface area contributed by atoms with Crippen molar-refractivity contribution >= 4 is 29.3 Å². The Kier molecular flexibility index (Phi) is 8.32. The molecule has 1 fully saturated rings. The lowest BCUT2D eigenvalue weighted by Gasteiger charge is -2.24. The number of benzene rings is 1. The highest BCUT2D eigenvalue weighted by Gasteiger charge is 2.20. The van der Waals surface area contributed by atoms with Crippen LogP contribution in [0.4, 0.5) is 5.69 Å². The standard InChI is InChI=1S/C20H30N2O2S/c1-3-13-22(20(24)15-25-17-10-5-4-6-11-17)14-19(23)21-18-12-8-7-9-16(18)2/h7-9,12,17H,3-6,10-11,13-15H2,1-2H3,(H,21,23). The zero-order chi connectivity index (χ0) is 18.1. The number of nitrogens with one attached hydrogen (secondary N) is 1. The first kappa shape index (κ1) is 19.8. The van der Waals surface area contributed by atoms with E-state index in [4.69, 9.17) is 0 Å². The first-order chi connectivity index (χ1) is 12.1. The molecule has 0 aliphatic heterocycles. The SMILES string of the molecule is CCCN(CC(=O)Nc1ccccc1C)C(=O)CSC1CCCCC1. The molecule has 1 aliphatic rings. The number of nitrogens with zero attached hydrogens (tertiary/aromatic N) is 1. The Morgan fingerprint density at radius 2 is 1.92 bits per heavy atom. The van der Waals surface area contributed by atoms with E-state index in [0.717, 1.165) is 17.7 Å². The first-order valence-corrected chi connectivity index (χ1v) is 10.4. The van der Waals surface area contributed by atoms with Crippen molar-refractivity contribution in [2.45, 2.75) is 57.6 Å². The maximum atomic E-state index is 12.6. The number of hydrogen-bond donors (Lipinski definition) is 1. The number of aryl methyl sites for hydroxylation is 1. The van der Waals surface area contributed by atoms with Crippen LogP contribution < -0.4 is 5.32 Å². The average molecular weight is 363 g/mol. The summed E-state index contributed by atoms with van der Waals surface area (Å²) in [6.45, 7) is 4.76. The van der Waals surface area contributed by atoms with Gasteiger partial charge in [0.1, 0.15) is 0 Å². The second-order valence-corrected chi connectivity index (χ2v) is 8.04. The van der Waals surface area contributed by atoms with Crippen LogP contribution in [-0.4, -0.2) is 40.8 Å². The molecule has 2 rings (SSSR count). The van der Waals surface area contributed by atoms with Gasteiger partial charge in [-0.1, -0.05) is 44.4 Å². The number of rotatable bonds is 8. The minimum atomic E-state index is -0.126. The van der Waals surface area contributed by atoms with Crippen LogP contribution in [0.15, 0.2) is 24.3 Å². The fraction of sp³-hybridized carbons (Fsp3) is 0.600. The maximum Gasteiger partial charge on any atom is 0.244 e. The van der Waals surface area contributed by atoms with Crippen LogP contribution >= 0.6 is 11.8 Å². The van der Waals surface area contributed by atoms with Gasteiger partial charge in [0.25, 0.3) is 0 Å².